The molecule has 1 aromatic carbocycles. The van der Waals surface area contributed by atoms with E-state index in [1.54, 1.807) is 19.1 Å². The highest BCUT2D eigenvalue weighted by Crippen LogP contribution is 2.13. The van der Waals surface area contributed by atoms with E-state index in [1.165, 1.54) is 5.69 Å². The summed E-state index contributed by atoms with van der Waals surface area (Å²) in [6, 6.07) is 8.32. The van der Waals surface area contributed by atoms with Gasteiger partial charge >= 0.3 is 5.97 Å². The first kappa shape index (κ1) is 17.5. The number of hydrogen-bond donors (Lipinski definition) is 1. The topological polar surface area (TPSA) is 40.5 Å². The van der Waals surface area contributed by atoms with Crippen molar-refractivity contribution in [1.29, 1.82) is 0 Å². The lowest BCUT2D eigenvalue weighted by molar-refractivity contribution is -0.132. The first-order valence-electron chi connectivity index (χ1n) is 7.11. The van der Waals surface area contributed by atoms with Crippen molar-refractivity contribution in [3.05, 3.63) is 71.4 Å². The molecule has 0 saturated carbocycles. The Balaban J connectivity index is 2.65. The van der Waals surface area contributed by atoms with Gasteiger partial charge in [-0.05, 0) is 31.5 Å². The van der Waals surface area contributed by atoms with Crippen molar-refractivity contribution < 1.29 is 9.90 Å². The van der Waals surface area contributed by atoms with Gasteiger partial charge in [-0.15, -0.1) is 0 Å². The van der Waals surface area contributed by atoms with Gasteiger partial charge in [0.05, 0.1) is 0 Å². The van der Waals surface area contributed by atoms with Gasteiger partial charge in [-0.1, -0.05) is 54.2 Å². The molecule has 3 nitrogen and oxygen atoms in total. The minimum absolute atomic E-state index is 0.318. The SMILES string of the molecule is C/C(=C/C=C/C=C(C)/C=C/c1ccc(N(C)C)cc1)C(=O)O. The van der Waals surface area contributed by atoms with Gasteiger partial charge in [0.2, 0.25) is 0 Å². The molecule has 0 saturated heterocycles. The van der Waals surface area contributed by atoms with E-state index in [0.29, 0.717) is 5.57 Å². The van der Waals surface area contributed by atoms with E-state index >= 15 is 0 Å². The van der Waals surface area contributed by atoms with E-state index in [0.717, 1.165) is 11.1 Å². The van der Waals surface area contributed by atoms with E-state index in [-0.39, 0.29) is 0 Å². The van der Waals surface area contributed by atoms with Gasteiger partial charge in [-0.3, -0.25) is 0 Å². The molecule has 0 fully saturated rings. The third-order valence-corrected chi connectivity index (χ3v) is 3.10. The third kappa shape index (κ3) is 6.27. The normalized spacial score (nSPS) is 13.1. The maximum absolute atomic E-state index is 10.6. The van der Waals surface area contributed by atoms with Crippen molar-refractivity contribution in [2.75, 3.05) is 19.0 Å². The molecule has 0 aromatic heterocycles. The number of anilines is 1. The summed E-state index contributed by atoms with van der Waals surface area (Å²) in [7, 11) is 4.04. The van der Waals surface area contributed by atoms with Crippen molar-refractivity contribution in [2.45, 2.75) is 13.8 Å². The summed E-state index contributed by atoms with van der Waals surface area (Å²) in [5.74, 6) is -0.897. The molecule has 1 rings (SSSR count). The van der Waals surface area contributed by atoms with Crippen LogP contribution in [0, 0.1) is 0 Å². The van der Waals surface area contributed by atoms with Gasteiger partial charge in [0, 0.05) is 25.4 Å². The molecule has 1 aromatic rings. The van der Waals surface area contributed by atoms with Crippen LogP contribution in [0.1, 0.15) is 19.4 Å². The number of carboxylic acid groups (broad SMARTS) is 1. The van der Waals surface area contributed by atoms with Gasteiger partial charge in [0.1, 0.15) is 0 Å². The Bertz CT molecular complexity index is 617. The van der Waals surface area contributed by atoms with Crippen LogP contribution in [0.25, 0.3) is 6.08 Å². The average molecular weight is 297 g/mol. The Hall–Kier alpha value is -2.55. The van der Waals surface area contributed by atoms with Gasteiger partial charge in [-0.25, -0.2) is 4.79 Å². The summed E-state index contributed by atoms with van der Waals surface area (Å²) in [6.45, 7) is 3.57. The molecule has 22 heavy (non-hydrogen) atoms. The minimum atomic E-state index is -0.897. The third-order valence-electron chi connectivity index (χ3n) is 3.10. The highest BCUT2D eigenvalue weighted by molar-refractivity contribution is 5.86. The predicted molar refractivity (Wildman–Crippen MR) is 94.1 cm³/mol. The van der Waals surface area contributed by atoms with Crippen LogP contribution >= 0.6 is 0 Å². The van der Waals surface area contributed by atoms with Crippen molar-refractivity contribution in [2.24, 2.45) is 0 Å². The summed E-state index contributed by atoms with van der Waals surface area (Å²) in [6.07, 6.45) is 11.2. The lowest BCUT2D eigenvalue weighted by atomic mass is 10.1. The largest absolute Gasteiger partial charge is 0.478 e. The van der Waals surface area contributed by atoms with Gasteiger partial charge in [0.15, 0.2) is 0 Å². The second-order valence-corrected chi connectivity index (χ2v) is 5.27. The van der Waals surface area contributed by atoms with Crippen molar-refractivity contribution in [3.8, 4) is 0 Å². The predicted octanol–water partition coefficient (Wildman–Crippen LogP) is 4.30. The minimum Gasteiger partial charge on any atom is -0.478 e. The van der Waals surface area contributed by atoms with Crippen LogP contribution in [0.4, 0.5) is 5.69 Å². The zero-order valence-corrected chi connectivity index (χ0v) is 13.6. The fraction of sp³-hybridized carbons (Fsp3) is 0.211. The summed E-state index contributed by atoms with van der Waals surface area (Å²) in [4.78, 5) is 12.7. The number of hydrogen-bond acceptors (Lipinski definition) is 2. The number of carbonyl (C=O) groups is 1. The summed E-state index contributed by atoms with van der Waals surface area (Å²) >= 11 is 0. The lowest BCUT2D eigenvalue weighted by Crippen LogP contribution is -2.07. The molecule has 0 amide bonds. The smallest absolute Gasteiger partial charge is 0.331 e. The highest BCUT2D eigenvalue weighted by Gasteiger charge is 1.95. The fourth-order valence-corrected chi connectivity index (χ4v) is 1.65. The Morgan fingerprint density at radius 3 is 2.18 bits per heavy atom. The second-order valence-electron chi connectivity index (χ2n) is 5.27. The number of allylic oxidation sites excluding steroid dienone is 6. The molecule has 0 heterocycles. The van der Waals surface area contributed by atoms with Crippen molar-refractivity contribution in [3.63, 3.8) is 0 Å². The van der Waals surface area contributed by atoms with E-state index in [2.05, 4.69) is 35.2 Å². The average Bonchev–Trinajstić information content (AvgIpc) is 2.49. The Morgan fingerprint density at radius 1 is 1.05 bits per heavy atom. The number of benzene rings is 1. The first-order chi connectivity index (χ1) is 10.4. The number of nitrogens with zero attached hydrogens (tertiary/aromatic N) is 1. The molecule has 0 unspecified atom stereocenters. The Kier molecular flexibility index (Phi) is 6.90. The van der Waals surface area contributed by atoms with Crippen LogP contribution in [0.5, 0.6) is 0 Å². The standard InChI is InChI=1S/C19H23NO2/c1-15(7-5-6-8-16(2)19(21)22)9-10-17-11-13-18(14-12-17)20(3)4/h5-14H,1-4H3,(H,21,22)/b6-5+,10-9+,15-7+,16-8-. The molecule has 0 radical (unpaired) electrons. The summed E-state index contributed by atoms with van der Waals surface area (Å²) in [5, 5.41) is 8.72. The molecule has 1 N–H and O–H groups in total. The molecular weight excluding hydrogens is 274 g/mol. The van der Waals surface area contributed by atoms with E-state index in [9.17, 15) is 4.79 Å². The molecule has 3 heteroatoms. The monoisotopic (exact) mass is 297 g/mol. The number of aliphatic carboxylic acids is 1. The maximum Gasteiger partial charge on any atom is 0.331 e. The van der Waals surface area contributed by atoms with Crippen LogP contribution in [0.3, 0.4) is 0 Å². The van der Waals surface area contributed by atoms with Gasteiger partial charge < -0.3 is 10.0 Å². The number of carboxylic acids is 1. The maximum atomic E-state index is 10.6. The Labute approximate surface area is 132 Å². The van der Waals surface area contributed by atoms with Gasteiger partial charge in [0.25, 0.3) is 0 Å². The molecule has 0 aliphatic heterocycles. The van der Waals surface area contributed by atoms with Crippen LogP contribution in [0.15, 0.2) is 65.8 Å². The zero-order chi connectivity index (χ0) is 16.5. The first-order valence-corrected chi connectivity index (χ1v) is 7.11. The van der Waals surface area contributed by atoms with E-state index in [4.69, 9.17) is 5.11 Å². The zero-order valence-electron chi connectivity index (χ0n) is 13.6. The van der Waals surface area contributed by atoms with Crippen LogP contribution in [-0.2, 0) is 4.79 Å². The van der Waals surface area contributed by atoms with Crippen LogP contribution < -0.4 is 4.90 Å². The Morgan fingerprint density at radius 2 is 1.64 bits per heavy atom. The molecule has 0 bridgehead atoms. The van der Waals surface area contributed by atoms with Crippen LogP contribution in [-0.4, -0.2) is 25.2 Å². The molecule has 0 spiro atoms. The van der Waals surface area contributed by atoms with Crippen molar-refractivity contribution >= 4 is 17.7 Å². The second kappa shape index (κ2) is 8.67. The van der Waals surface area contributed by atoms with Gasteiger partial charge in [-0.2, -0.15) is 0 Å². The van der Waals surface area contributed by atoms with E-state index in [1.807, 2.05) is 39.2 Å². The summed E-state index contributed by atoms with van der Waals surface area (Å²) < 4.78 is 0. The van der Waals surface area contributed by atoms with Crippen molar-refractivity contribution in [1.82, 2.24) is 0 Å². The molecule has 116 valence electrons. The van der Waals surface area contributed by atoms with Crippen LogP contribution in [0.2, 0.25) is 0 Å². The lowest BCUT2D eigenvalue weighted by Gasteiger charge is -2.11. The number of rotatable bonds is 6. The molecular formula is C19H23NO2. The molecule has 0 atom stereocenters. The highest BCUT2D eigenvalue weighted by atomic mass is 16.4. The quantitative estimate of drug-likeness (QED) is 0.628. The fourth-order valence-electron chi connectivity index (χ4n) is 1.65. The summed E-state index contributed by atoms with van der Waals surface area (Å²) in [5.41, 5.74) is 3.73. The van der Waals surface area contributed by atoms with E-state index < -0.39 is 5.97 Å². The molecule has 0 aliphatic carbocycles. The molecule has 0 aliphatic rings.